The lowest BCUT2D eigenvalue weighted by Crippen LogP contribution is -2.24. The minimum Gasteiger partial charge on any atom is -0.356 e. The zero-order chi connectivity index (χ0) is 17.7. The number of carbonyl (C=O) groups excluding carboxylic acids is 1. The molecular formula is C16H20Cl2N4OS. The molecule has 1 heterocycles. The molecule has 0 aliphatic rings. The van der Waals surface area contributed by atoms with Crippen LogP contribution in [0.15, 0.2) is 23.4 Å². The first kappa shape index (κ1) is 19.1. The van der Waals surface area contributed by atoms with Gasteiger partial charge in [0.2, 0.25) is 5.91 Å². The van der Waals surface area contributed by atoms with Crippen molar-refractivity contribution in [2.45, 2.75) is 32.5 Å². The zero-order valence-electron chi connectivity index (χ0n) is 13.8. The van der Waals surface area contributed by atoms with Crippen molar-refractivity contribution in [3.8, 4) is 11.4 Å². The quantitative estimate of drug-likeness (QED) is 0.726. The summed E-state index contributed by atoms with van der Waals surface area (Å²) in [5.74, 6) is 1.37. The van der Waals surface area contributed by atoms with Gasteiger partial charge < -0.3 is 9.88 Å². The van der Waals surface area contributed by atoms with Gasteiger partial charge in [-0.3, -0.25) is 4.79 Å². The first-order chi connectivity index (χ1) is 11.4. The van der Waals surface area contributed by atoms with Gasteiger partial charge in [0.25, 0.3) is 0 Å². The highest BCUT2D eigenvalue weighted by Crippen LogP contribution is 2.31. The number of nitrogens with one attached hydrogen (secondary N) is 1. The Balaban J connectivity index is 2.33. The molecular weight excluding hydrogens is 367 g/mol. The Morgan fingerprint density at radius 1 is 1.33 bits per heavy atom. The molecule has 1 aromatic heterocycles. The van der Waals surface area contributed by atoms with Crippen LogP contribution in [-0.2, 0) is 11.3 Å². The zero-order valence-corrected chi connectivity index (χ0v) is 16.2. The van der Waals surface area contributed by atoms with Gasteiger partial charge in [0.05, 0.1) is 10.8 Å². The number of hydrogen-bond donors (Lipinski definition) is 1. The fourth-order valence-electron chi connectivity index (χ4n) is 2.17. The number of amides is 1. The lowest BCUT2D eigenvalue weighted by atomic mass is 10.2. The first-order valence-electron chi connectivity index (χ1n) is 7.70. The second-order valence-corrected chi connectivity index (χ2v) is 7.46. The molecule has 0 unspecified atom stereocenters. The number of thioether (sulfide) groups is 1. The van der Waals surface area contributed by atoms with Crippen LogP contribution < -0.4 is 5.32 Å². The molecule has 0 bridgehead atoms. The Labute approximate surface area is 156 Å². The number of benzene rings is 1. The van der Waals surface area contributed by atoms with E-state index in [1.807, 2.05) is 17.6 Å². The summed E-state index contributed by atoms with van der Waals surface area (Å²) in [7, 11) is 0. The number of nitrogens with zero attached hydrogens (tertiary/aromatic N) is 3. The molecule has 2 rings (SSSR count). The van der Waals surface area contributed by atoms with E-state index in [4.69, 9.17) is 23.2 Å². The maximum atomic E-state index is 11.7. The topological polar surface area (TPSA) is 59.8 Å². The lowest BCUT2D eigenvalue weighted by molar-refractivity contribution is -0.118. The van der Waals surface area contributed by atoms with Crippen molar-refractivity contribution in [1.29, 1.82) is 0 Å². The molecule has 130 valence electrons. The number of halogens is 2. The molecule has 8 heteroatoms. The average molecular weight is 387 g/mol. The fraction of sp³-hybridized carbons (Fsp3) is 0.438. The monoisotopic (exact) mass is 386 g/mol. The van der Waals surface area contributed by atoms with Crippen molar-refractivity contribution in [3.63, 3.8) is 0 Å². The van der Waals surface area contributed by atoms with Crippen molar-refractivity contribution in [2.24, 2.45) is 5.92 Å². The van der Waals surface area contributed by atoms with E-state index in [2.05, 4.69) is 29.4 Å². The van der Waals surface area contributed by atoms with Crippen molar-refractivity contribution in [3.05, 3.63) is 28.2 Å². The van der Waals surface area contributed by atoms with Crippen LogP contribution in [0, 0.1) is 5.92 Å². The van der Waals surface area contributed by atoms with Crippen LogP contribution in [-0.4, -0.2) is 33.0 Å². The minimum atomic E-state index is -0.0207. The summed E-state index contributed by atoms with van der Waals surface area (Å²) < 4.78 is 2.00. The summed E-state index contributed by atoms with van der Waals surface area (Å²) in [5, 5.41) is 13.1. The Hall–Kier alpha value is -1.24. The maximum Gasteiger partial charge on any atom is 0.230 e. The molecule has 5 nitrogen and oxygen atoms in total. The number of rotatable bonds is 7. The molecule has 24 heavy (non-hydrogen) atoms. The van der Waals surface area contributed by atoms with Gasteiger partial charge in [-0.1, -0.05) is 48.8 Å². The smallest absolute Gasteiger partial charge is 0.230 e. The van der Waals surface area contributed by atoms with Crippen molar-refractivity contribution in [1.82, 2.24) is 20.1 Å². The molecule has 0 atom stereocenters. The van der Waals surface area contributed by atoms with Gasteiger partial charge in [0, 0.05) is 23.7 Å². The SMILES string of the molecule is CCNC(=O)CSc1nnc(-c2ccc(Cl)cc2Cl)n1CC(C)C. The third kappa shape index (κ3) is 4.88. The van der Waals surface area contributed by atoms with Crippen molar-refractivity contribution < 1.29 is 4.79 Å². The number of aromatic nitrogens is 3. The summed E-state index contributed by atoms with van der Waals surface area (Å²) >= 11 is 13.7. The summed E-state index contributed by atoms with van der Waals surface area (Å²) in [6.07, 6.45) is 0. The highest BCUT2D eigenvalue weighted by Gasteiger charge is 2.18. The van der Waals surface area contributed by atoms with E-state index in [1.165, 1.54) is 11.8 Å². The molecule has 0 fully saturated rings. The summed E-state index contributed by atoms with van der Waals surface area (Å²) in [4.78, 5) is 11.7. The molecule has 0 saturated carbocycles. The standard InChI is InChI=1S/C16H20Cl2N4OS/c1-4-19-14(23)9-24-16-21-20-15(22(16)8-10(2)3)12-6-5-11(17)7-13(12)18/h5-7,10H,4,8-9H2,1-3H3,(H,19,23). The summed E-state index contributed by atoms with van der Waals surface area (Å²) in [6, 6.07) is 5.30. The Bertz CT molecular complexity index is 718. The Kier molecular flexibility index (Phi) is 6.95. The van der Waals surface area contributed by atoms with E-state index in [1.54, 1.807) is 12.1 Å². The molecule has 1 amide bonds. The van der Waals surface area contributed by atoms with Gasteiger partial charge in [0.1, 0.15) is 0 Å². The van der Waals surface area contributed by atoms with Crippen LogP contribution in [0.5, 0.6) is 0 Å². The van der Waals surface area contributed by atoms with Crippen LogP contribution in [0.2, 0.25) is 10.0 Å². The van der Waals surface area contributed by atoms with Gasteiger partial charge in [-0.25, -0.2) is 0 Å². The van der Waals surface area contributed by atoms with Crippen LogP contribution in [0.1, 0.15) is 20.8 Å². The predicted molar refractivity (Wildman–Crippen MR) is 99.7 cm³/mol. The normalized spacial score (nSPS) is 11.1. The van der Waals surface area contributed by atoms with E-state index in [0.29, 0.717) is 39.2 Å². The molecule has 1 N–H and O–H groups in total. The molecule has 2 aromatic rings. The number of hydrogen-bond acceptors (Lipinski definition) is 4. The largest absolute Gasteiger partial charge is 0.356 e. The second kappa shape index (κ2) is 8.74. The highest BCUT2D eigenvalue weighted by atomic mass is 35.5. The first-order valence-corrected chi connectivity index (χ1v) is 9.44. The third-order valence-electron chi connectivity index (χ3n) is 3.14. The van der Waals surface area contributed by atoms with E-state index >= 15 is 0 Å². The molecule has 0 aliphatic carbocycles. The molecule has 0 saturated heterocycles. The Morgan fingerprint density at radius 2 is 2.08 bits per heavy atom. The third-order valence-corrected chi connectivity index (χ3v) is 4.66. The summed E-state index contributed by atoms with van der Waals surface area (Å²) in [6.45, 7) is 7.48. The molecule has 0 radical (unpaired) electrons. The second-order valence-electron chi connectivity index (χ2n) is 5.68. The van der Waals surface area contributed by atoms with E-state index in [0.717, 1.165) is 12.1 Å². The van der Waals surface area contributed by atoms with Crippen LogP contribution in [0.25, 0.3) is 11.4 Å². The molecule has 1 aromatic carbocycles. The van der Waals surface area contributed by atoms with E-state index in [-0.39, 0.29) is 5.91 Å². The Morgan fingerprint density at radius 3 is 2.71 bits per heavy atom. The summed E-state index contributed by atoms with van der Waals surface area (Å²) in [5.41, 5.74) is 0.777. The van der Waals surface area contributed by atoms with E-state index in [9.17, 15) is 4.79 Å². The average Bonchev–Trinajstić information content (AvgIpc) is 2.87. The molecule has 0 aliphatic heterocycles. The molecule has 0 spiro atoms. The lowest BCUT2D eigenvalue weighted by Gasteiger charge is -2.13. The van der Waals surface area contributed by atoms with Crippen LogP contribution >= 0.6 is 35.0 Å². The van der Waals surface area contributed by atoms with Gasteiger partial charge in [-0.2, -0.15) is 0 Å². The van der Waals surface area contributed by atoms with Gasteiger partial charge in [0.15, 0.2) is 11.0 Å². The minimum absolute atomic E-state index is 0.0207. The van der Waals surface area contributed by atoms with Crippen LogP contribution in [0.3, 0.4) is 0 Å². The van der Waals surface area contributed by atoms with Gasteiger partial charge >= 0.3 is 0 Å². The van der Waals surface area contributed by atoms with Crippen molar-refractivity contribution in [2.75, 3.05) is 12.3 Å². The fourth-order valence-corrected chi connectivity index (χ4v) is 3.44. The highest BCUT2D eigenvalue weighted by molar-refractivity contribution is 7.99. The van der Waals surface area contributed by atoms with Gasteiger partial charge in [-0.05, 0) is 31.0 Å². The van der Waals surface area contributed by atoms with E-state index < -0.39 is 0 Å². The predicted octanol–water partition coefficient (Wildman–Crippen LogP) is 4.14. The maximum absolute atomic E-state index is 11.7. The van der Waals surface area contributed by atoms with Crippen LogP contribution in [0.4, 0.5) is 0 Å². The number of carbonyl (C=O) groups is 1. The van der Waals surface area contributed by atoms with Gasteiger partial charge in [-0.15, -0.1) is 10.2 Å². The van der Waals surface area contributed by atoms with Crippen molar-refractivity contribution >= 4 is 40.9 Å².